The highest BCUT2D eigenvalue weighted by atomic mass is 32.1. The van der Waals surface area contributed by atoms with Crippen molar-refractivity contribution in [3.8, 4) is 16.3 Å². The van der Waals surface area contributed by atoms with Crippen LogP contribution in [0.3, 0.4) is 0 Å². The van der Waals surface area contributed by atoms with Gasteiger partial charge in [0.2, 0.25) is 0 Å². The molecule has 1 N–H and O–H groups in total. The maximum Gasteiger partial charge on any atom is 0.271 e. The maximum absolute atomic E-state index is 12.2. The maximum atomic E-state index is 12.2. The molecule has 0 spiro atoms. The fourth-order valence-electron chi connectivity index (χ4n) is 2.18. The molecule has 0 fully saturated rings. The third kappa shape index (κ3) is 4.21. The van der Waals surface area contributed by atoms with Gasteiger partial charge < -0.3 is 14.6 Å². The number of hydrogen-bond donors (Lipinski definition) is 1. The molecular weight excluding hydrogens is 338 g/mol. The quantitative estimate of drug-likeness (QED) is 0.733. The van der Waals surface area contributed by atoms with Crippen molar-refractivity contribution in [1.29, 1.82) is 0 Å². The minimum absolute atomic E-state index is 0.134. The summed E-state index contributed by atoms with van der Waals surface area (Å²) in [6, 6.07) is 7.70. The van der Waals surface area contributed by atoms with Crippen LogP contribution < -0.4 is 10.1 Å². The Balaban J connectivity index is 1.65. The normalized spacial score (nSPS) is 10.9. The van der Waals surface area contributed by atoms with Gasteiger partial charge in [-0.1, -0.05) is 0 Å². The molecule has 2 aromatic heterocycles. The molecule has 0 saturated heterocycles. The van der Waals surface area contributed by atoms with Gasteiger partial charge in [-0.2, -0.15) is 0 Å². The lowest BCUT2D eigenvalue weighted by molar-refractivity contribution is 0.0945. The standard InChI is InChI=1S/C17H19N5O2S/c1-11(2)24-13-6-4-12(5-7-13)17-20-14(9-25-17)16(23)18-8-15-21-19-10-22(15)3/h4-7,9-11H,8H2,1-3H3,(H,18,23). The average molecular weight is 357 g/mol. The Morgan fingerprint density at radius 2 is 2.08 bits per heavy atom. The molecule has 0 unspecified atom stereocenters. The van der Waals surface area contributed by atoms with E-state index in [2.05, 4.69) is 20.5 Å². The number of aryl methyl sites for hydroxylation is 1. The van der Waals surface area contributed by atoms with Crippen molar-refractivity contribution in [3.05, 3.63) is 47.5 Å². The van der Waals surface area contributed by atoms with E-state index in [0.29, 0.717) is 18.1 Å². The Hall–Kier alpha value is -2.74. The van der Waals surface area contributed by atoms with Gasteiger partial charge >= 0.3 is 0 Å². The molecule has 0 atom stereocenters. The SMILES string of the molecule is CC(C)Oc1ccc(-c2nc(C(=O)NCc3nncn3C)cs2)cc1. The number of amides is 1. The molecule has 130 valence electrons. The summed E-state index contributed by atoms with van der Waals surface area (Å²) >= 11 is 1.43. The highest BCUT2D eigenvalue weighted by Gasteiger charge is 2.13. The molecule has 0 aliphatic heterocycles. The molecule has 0 bridgehead atoms. The van der Waals surface area contributed by atoms with Crippen LogP contribution in [0.15, 0.2) is 36.0 Å². The first kappa shape index (κ1) is 17.1. The monoisotopic (exact) mass is 357 g/mol. The fourth-order valence-corrected chi connectivity index (χ4v) is 2.98. The van der Waals surface area contributed by atoms with Crippen LogP contribution in [0.5, 0.6) is 5.75 Å². The van der Waals surface area contributed by atoms with E-state index in [4.69, 9.17) is 4.74 Å². The summed E-state index contributed by atoms with van der Waals surface area (Å²) < 4.78 is 7.39. The van der Waals surface area contributed by atoms with E-state index in [1.165, 1.54) is 11.3 Å². The van der Waals surface area contributed by atoms with Gasteiger partial charge in [0.15, 0.2) is 5.82 Å². The van der Waals surface area contributed by atoms with Crippen molar-refractivity contribution < 1.29 is 9.53 Å². The zero-order chi connectivity index (χ0) is 17.8. The number of thiazole rings is 1. The van der Waals surface area contributed by atoms with Crippen LogP contribution in [-0.2, 0) is 13.6 Å². The van der Waals surface area contributed by atoms with Gasteiger partial charge in [0.05, 0.1) is 12.6 Å². The third-order valence-corrected chi connectivity index (χ3v) is 4.31. The first-order valence-electron chi connectivity index (χ1n) is 7.86. The molecule has 8 heteroatoms. The summed E-state index contributed by atoms with van der Waals surface area (Å²) in [5.74, 6) is 1.27. The minimum atomic E-state index is -0.231. The number of nitrogens with zero attached hydrogens (tertiary/aromatic N) is 4. The van der Waals surface area contributed by atoms with E-state index in [1.54, 1.807) is 16.3 Å². The molecule has 25 heavy (non-hydrogen) atoms. The second-order valence-electron chi connectivity index (χ2n) is 5.77. The van der Waals surface area contributed by atoms with Crippen LogP contribution in [-0.4, -0.2) is 31.8 Å². The summed E-state index contributed by atoms with van der Waals surface area (Å²) in [5, 5.41) is 13.1. The minimum Gasteiger partial charge on any atom is -0.491 e. The number of hydrogen-bond acceptors (Lipinski definition) is 6. The molecule has 3 rings (SSSR count). The number of rotatable bonds is 6. The zero-order valence-corrected chi connectivity index (χ0v) is 15.1. The van der Waals surface area contributed by atoms with Crippen molar-refractivity contribution in [2.45, 2.75) is 26.5 Å². The predicted octanol–water partition coefficient (Wildman–Crippen LogP) is 2.66. The Labute approximate surface area is 149 Å². The first-order chi connectivity index (χ1) is 12.0. The van der Waals surface area contributed by atoms with Crippen molar-refractivity contribution in [3.63, 3.8) is 0 Å². The van der Waals surface area contributed by atoms with E-state index >= 15 is 0 Å². The molecule has 1 aromatic carbocycles. The smallest absolute Gasteiger partial charge is 0.271 e. The van der Waals surface area contributed by atoms with E-state index in [0.717, 1.165) is 16.3 Å². The number of ether oxygens (including phenoxy) is 1. The highest BCUT2D eigenvalue weighted by molar-refractivity contribution is 7.13. The van der Waals surface area contributed by atoms with Crippen LogP contribution in [0.1, 0.15) is 30.2 Å². The van der Waals surface area contributed by atoms with Crippen LogP contribution in [0.25, 0.3) is 10.6 Å². The molecular formula is C17H19N5O2S. The highest BCUT2D eigenvalue weighted by Crippen LogP contribution is 2.26. The van der Waals surface area contributed by atoms with Crippen LogP contribution in [0, 0.1) is 0 Å². The van der Waals surface area contributed by atoms with Crippen molar-refractivity contribution in [1.82, 2.24) is 25.1 Å². The van der Waals surface area contributed by atoms with Gasteiger partial charge in [0.25, 0.3) is 5.91 Å². The van der Waals surface area contributed by atoms with Crippen LogP contribution >= 0.6 is 11.3 Å². The summed E-state index contributed by atoms with van der Waals surface area (Å²) in [7, 11) is 1.83. The van der Waals surface area contributed by atoms with E-state index in [9.17, 15) is 4.79 Å². The number of carbonyl (C=O) groups is 1. The summed E-state index contributed by atoms with van der Waals surface area (Å²) in [6.07, 6.45) is 1.73. The Kier molecular flexibility index (Phi) is 5.08. The largest absolute Gasteiger partial charge is 0.491 e. The molecule has 0 saturated carbocycles. The second-order valence-corrected chi connectivity index (χ2v) is 6.63. The lowest BCUT2D eigenvalue weighted by Crippen LogP contribution is -2.24. The Morgan fingerprint density at radius 3 is 2.72 bits per heavy atom. The molecule has 7 nitrogen and oxygen atoms in total. The third-order valence-electron chi connectivity index (χ3n) is 3.42. The number of carbonyl (C=O) groups excluding carboxylic acids is 1. The van der Waals surface area contributed by atoms with Gasteiger partial charge in [-0.05, 0) is 38.1 Å². The van der Waals surface area contributed by atoms with E-state index in [-0.39, 0.29) is 12.0 Å². The Morgan fingerprint density at radius 1 is 1.32 bits per heavy atom. The molecule has 0 radical (unpaired) electrons. The number of benzene rings is 1. The van der Waals surface area contributed by atoms with Crippen molar-refractivity contribution >= 4 is 17.2 Å². The number of aromatic nitrogens is 4. The Bertz CT molecular complexity index is 854. The molecule has 2 heterocycles. The van der Waals surface area contributed by atoms with E-state index in [1.807, 2.05) is 45.2 Å². The molecule has 0 aliphatic carbocycles. The van der Waals surface area contributed by atoms with Crippen LogP contribution in [0.2, 0.25) is 0 Å². The van der Waals surface area contributed by atoms with Gasteiger partial charge in [0.1, 0.15) is 22.8 Å². The summed E-state index contributed by atoms with van der Waals surface area (Å²) in [5.41, 5.74) is 1.35. The first-order valence-corrected chi connectivity index (χ1v) is 8.74. The summed E-state index contributed by atoms with van der Waals surface area (Å²) in [4.78, 5) is 16.6. The van der Waals surface area contributed by atoms with Gasteiger partial charge in [-0.25, -0.2) is 4.98 Å². The second kappa shape index (κ2) is 7.43. The fraction of sp³-hybridized carbons (Fsp3) is 0.294. The predicted molar refractivity (Wildman–Crippen MR) is 95.5 cm³/mol. The lowest BCUT2D eigenvalue weighted by atomic mass is 10.2. The number of nitrogens with one attached hydrogen (secondary N) is 1. The summed E-state index contributed by atoms with van der Waals surface area (Å²) in [6.45, 7) is 4.28. The van der Waals surface area contributed by atoms with Gasteiger partial charge in [-0.3, -0.25) is 4.79 Å². The lowest BCUT2D eigenvalue weighted by Gasteiger charge is -2.09. The van der Waals surface area contributed by atoms with Crippen molar-refractivity contribution in [2.75, 3.05) is 0 Å². The van der Waals surface area contributed by atoms with E-state index < -0.39 is 0 Å². The molecule has 0 aliphatic rings. The molecule has 3 aromatic rings. The van der Waals surface area contributed by atoms with Crippen molar-refractivity contribution in [2.24, 2.45) is 7.05 Å². The topological polar surface area (TPSA) is 81.9 Å². The zero-order valence-electron chi connectivity index (χ0n) is 14.3. The van der Waals surface area contributed by atoms with Gasteiger partial charge in [0, 0.05) is 18.0 Å². The average Bonchev–Trinajstić information content (AvgIpc) is 3.22. The van der Waals surface area contributed by atoms with Gasteiger partial charge in [-0.15, -0.1) is 21.5 Å². The molecule has 1 amide bonds. The van der Waals surface area contributed by atoms with Crippen LogP contribution in [0.4, 0.5) is 0 Å².